The Labute approximate surface area is 260 Å². The van der Waals surface area contributed by atoms with Gasteiger partial charge in [0.05, 0.1) is 49.3 Å². The molecule has 4 rings (SSSR count). The number of methoxy groups -OCH3 is 1. The van der Waals surface area contributed by atoms with Crippen LogP contribution in [0.4, 0.5) is 0 Å². The highest BCUT2D eigenvalue weighted by molar-refractivity contribution is 5.82. The number of hydrogen-bond acceptors (Lipinski definition) is 11. The Balaban J connectivity index is 1.47. The third-order valence-electron chi connectivity index (χ3n) is 9.17. The van der Waals surface area contributed by atoms with Crippen molar-refractivity contribution < 1.29 is 53.6 Å². The number of aliphatic hydroxyl groups is 4. The first-order chi connectivity index (χ1) is 21.1. The average molecular weight is 625 g/mol. The van der Waals surface area contributed by atoms with Crippen LogP contribution in [0.2, 0.25) is 0 Å². The van der Waals surface area contributed by atoms with E-state index in [0.717, 1.165) is 12.8 Å². The summed E-state index contributed by atoms with van der Waals surface area (Å²) in [6.07, 6.45) is 7.78. The van der Waals surface area contributed by atoms with Crippen molar-refractivity contribution >= 4 is 5.97 Å². The van der Waals surface area contributed by atoms with Crippen LogP contribution in [0.15, 0.2) is 36.5 Å². The summed E-state index contributed by atoms with van der Waals surface area (Å²) in [5.74, 6) is -0.126. The van der Waals surface area contributed by atoms with E-state index >= 15 is 0 Å². The van der Waals surface area contributed by atoms with Crippen LogP contribution in [0.25, 0.3) is 0 Å². The molecule has 11 heteroatoms. The van der Waals surface area contributed by atoms with Crippen molar-refractivity contribution in [1.29, 1.82) is 0 Å². The Morgan fingerprint density at radius 1 is 0.864 bits per heavy atom. The van der Waals surface area contributed by atoms with Crippen LogP contribution in [-0.2, 0) is 33.2 Å². The zero-order chi connectivity index (χ0) is 31.8. The molecule has 3 fully saturated rings. The third-order valence-corrected chi connectivity index (χ3v) is 9.17. The van der Waals surface area contributed by atoms with Gasteiger partial charge in [0.2, 0.25) is 0 Å². The Morgan fingerprint density at radius 3 is 2.39 bits per heavy atom. The number of cyclic esters (lactones) is 1. The van der Waals surface area contributed by atoms with E-state index in [2.05, 4.69) is 26.0 Å². The lowest BCUT2D eigenvalue weighted by Crippen LogP contribution is -2.59. The first kappa shape index (κ1) is 35.2. The monoisotopic (exact) mass is 624 g/mol. The molecular weight excluding hydrogens is 572 g/mol. The molecule has 0 unspecified atom stereocenters. The fourth-order valence-corrected chi connectivity index (χ4v) is 6.64. The van der Waals surface area contributed by atoms with Crippen LogP contribution >= 0.6 is 0 Å². The van der Waals surface area contributed by atoms with Gasteiger partial charge in [0.1, 0.15) is 24.4 Å². The van der Waals surface area contributed by atoms with E-state index in [9.17, 15) is 25.2 Å². The van der Waals surface area contributed by atoms with Crippen molar-refractivity contribution in [2.75, 3.05) is 13.7 Å². The first-order valence-electron chi connectivity index (χ1n) is 16.1. The lowest BCUT2D eigenvalue weighted by atomic mass is 9.92. The fraction of sp³-hybridized carbons (Fsp3) is 0.788. The highest BCUT2D eigenvalue weighted by Crippen LogP contribution is 2.33. The van der Waals surface area contributed by atoms with Gasteiger partial charge >= 0.3 is 5.97 Å². The van der Waals surface area contributed by atoms with Gasteiger partial charge < -0.3 is 48.8 Å². The number of carbonyl (C=O) groups is 1. The summed E-state index contributed by atoms with van der Waals surface area (Å²) >= 11 is 0. The van der Waals surface area contributed by atoms with Crippen LogP contribution in [0.3, 0.4) is 0 Å². The summed E-state index contributed by atoms with van der Waals surface area (Å²) in [5, 5.41) is 41.4. The minimum atomic E-state index is -1.15. The molecule has 4 aliphatic heterocycles. The molecule has 250 valence electrons. The predicted molar refractivity (Wildman–Crippen MR) is 160 cm³/mol. The maximum atomic E-state index is 12.6. The summed E-state index contributed by atoms with van der Waals surface area (Å²) in [7, 11) is 1.45. The van der Waals surface area contributed by atoms with Gasteiger partial charge in [-0.3, -0.25) is 0 Å². The van der Waals surface area contributed by atoms with E-state index in [1.807, 2.05) is 12.2 Å². The molecule has 0 aromatic carbocycles. The Kier molecular flexibility index (Phi) is 13.4. The van der Waals surface area contributed by atoms with Crippen molar-refractivity contribution in [2.45, 2.75) is 139 Å². The quantitative estimate of drug-likeness (QED) is 0.341. The average Bonchev–Trinajstić information content (AvgIpc) is 3.35. The SMILES string of the molecule is CO[C@H]1[C@H](O[C@@H]2C[C@@H]3CC=CC(=O)O[C@@H](CO)C[C@@H](O)[C@H]4C[C@@H](C)[C@@H](CC=C/C=C/[C@H](C)C[C@H](C2)O3)O4)O[C@@H](C)[C@H](O)[C@H]1O. The summed E-state index contributed by atoms with van der Waals surface area (Å²) in [4.78, 5) is 12.6. The zero-order valence-electron chi connectivity index (χ0n) is 26.4. The van der Waals surface area contributed by atoms with Crippen molar-refractivity contribution in [3.8, 4) is 0 Å². The largest absolute Gasteiger partial charge is 0.457 e. The van der Waals surface area contributed by atoms with Crippen LogP contribution < -0.4 is 0 Å². The molecule has 11 nitrogen and oxygen atoms in total. The number of ether oxygens (including phenoxy) is 6. The molecule has 0 saturated carbocycles. The number of carbonyl (C=O) groups excluding carboxylic acids is 1. The highest BCUT2D eigenvalue weighted by Gasteiger charge is 2.45. The molecule has 0 aliphatic carbocycles. The smallest absolute Gasteiger partial charge is 0.330 e. The Hall–Kier alpha value is -1.67. The van der Waals surface area contributed by atoms with E-state index in [4.69, 9.17) is 28.4 Å². The summed E-state index contributed by atoms with van der Waals surface area (Å²) in [5.41, 5.74) is 0. The second-order valence-corrected chi connectivity index (χ2v) is 12.9. The van der Waals surface area contributed by atoms with Gasteiger partial charge in [0.25, 0.3) is 0 Å². The van der Waals surface area contributed by atoms with E-state index in [-0.39, 0.29) is 48.8 Å². The lowest BCUT2D eigenvalue weighted by molar-refractivity contribution is -0.315. The summed E-state index contributed by atoms with van der Waals surface area (Å²) < 4.78 is 35.7. The van der Waals surface area contributed by atoms with Crippen LogP contribution in [0.1, 0.15) is 65.7 Å². The highest BCUT2D eigenvalue weighted by atomic mass is 16.7. The van der Waals surface area contributed by atoms with E-state index < -0.39 is 55.5 Å². The number of hydrogen-bond donors (Lipinski definition) is 4. The van der Waals surface area contributed by atoms with Crippen LogP contribution in [0.5, 0.6) is 0 Å². The molecule has 4 heterocycles. The molecule has 44 heavy (non-hydrogen) atoms. The van der Waals surface area contributed by atoms with Gasteiger partial charge in [0.15, 0.2) is 6.29 Å². The van der Waals surface area contributed by atoms with E-state index in [1.165, 1.54) is 13.2 Å². The normalized spacial score (nSPS) is 45.3. The van der Waals surface area contributed by atoms with Gasteiger partial charge in [-0.2, -0.15) is 0 Å². The molecule has 0 aromatic heterocycles. The number of esters is 1. The second kappa shape index (κ2) is 16.8. The van der Waals surface area contributed by atoms with Crippen molar-refractivity contribution in [2.24, 2.45) is 11.8 Å². The fourth-order valence-electron chi connectivity index (χ4n) is 6.64. The molecule has 4 aliphatic rings. The van der Waals surface area contributed by atoms with E-state index in [0.29, 0.717) is 25.7 Å². The molecular formula is C33H52O11. The number of allylic oxidation sites excluding steroid dienone is 3. The molecule has 4 N–H and O–H groups in total. The maximum absolute atomic E-state index is 12.6. The molecule has 3 saturated heterocycles. The van der Waals surface area contributed by atoms with Crippen LogP contribution in [-0.4, -0.2) is 114 Å². The number of fused-ring (bicyclic) bond motifs is 4. The molecule has 14 atom stereocenters. The van der Waals surface area contributed by atoms with Gasteiger partial charge in [-0.25, -0.2) is 4.79 Å². The Morgan fingerprint density at radius 2 is 1.64 bits per heavy atom. The third kappa shape index (κ3) is 9.67. The molecule has 0 radical (unpaired) electrons. The topological polar surface area (TPSA) is 153 Å². The van der Waals surface area contributed by atoms with Gasteiger partial charge in [-0.1, -0.05) is 44.2 Å². The van der Waals surface area contributed by atoms with Crippen LogP contribution in [0, 0.1) is 11.8 Å². The molecule has 0 spiro atoms. The second-order valence-electron chi connectivity index (χ2n) is 12.9. The number of rotatable bonds is 4. The van der Waals surface area contributed by atoms with Crippen molar-refractivity contribution in [3.05, 3.63) is 36.5 Å². The van der Waals surface area contributed by atoms with Gasteiger partial charge in [-0.15, -0.1) is 0 Å². The molecule has 4 bridgehead atoms. The summed E-state index contributed by atoms with van der Waals surface area (Å²) in [6, 6.07) is 0. The van der Waals surface area contributed by atoms with Crippen molar-refractivity contribution in [3.63, 3.8) is 0 Å². The Bertz CT molecular complexity index is 985. The zero-order valence-corrected chi connectivity index (χ0v) is 26.4. The van der Waals surface area contributed by atoms with Gasteiger partial charge in [-0.05, 0) is 44.4 Å². The van der Waals surface area contributed by atoms with Crippen molar-refractivity contribution in [1.82, 2.24) is 0 Å². The predicted octanol–water partition coefficient (Wildman–Crippen LogP) is 2.34. The minimum Gasteiger partial charge on any atom is -0.457 e. The lowest BCUT2D eigenvalue weighted by Gasteiger charge is -2.43. The number of aliphatic hydroxyl groups excluding tert-OH is 4. The molecule has 0 aromatic rings. The van der Waals surface area contributed by atoms with E-state index in [1.54, 1.807) is 13.0 Å². The summed E-state index contributed by atoms with van der Waals surface area (Å²) in [6.45, 7) is 5.52. The first-order valence-corrected chi connectivity index (χ1v) is 16.1. The molecule has 0 amide bonds. The standard InChI is InChI=1S/C33H52O11/c1-19-9-6-5-7-11-27-20(2)14-28(44-27)26(35)17-25(18-34)42-29(36)12-8-10-22-15-24(16-23(13-19)41-22)43-33-32(39-4)31(38)30(37)21(3)40-33/h5-9,12,19-28,30-35,37-38H,10-11,13-18H2,1-4H3/b7-5?,9-6+,12-8?/t19-,20+,21-,22-,23+,24+,25+,26+,27+,28+,30-,31+,32+,33-/m0/s1. The minimum absolute atomic E-state index is 0.0217. The van der Waals surface area contributed by atoms with Gasteiger partial charge in [0, 0.05) is 32.4 Å². The maximum Gasteiger partial charge on any atom is 0.330 e.